The van der Waals surface area contributed by atoms with E-state index in [1.165, 1.54) is 17.4 Å². The zero-order valence-electron chi connectivity index (χ0n) is 16.6. The molecular weight excluding hydrogens is 403 g/mol. The molecule has 2 aliphatic heterocycles. The van der Waals surface area contributed by atoms with E-state index in [9.17, 15) is 19.2 Å². The summed E-state index contributed by atoms with van der Waals surface area (Å²) < 4.78 is 13.9. The Bertz CT molecular complexity index is 956. The predicted octanol–water partition coefficient (Wildman–Crippen LogP) is 2.96. The summed E-state index contributed by atoms with van der Waals surface area (Å²) in [4.78, 5) is 31.8. The van der Waals surface area contributed by atoms with Crippen molar-refractivity contribution in [1.82, 2.24) is 9.80 Å². The fraction of sp³-hybridized carbons (Fsp3) is 0.409. The minimum Gasteiger partial charge on any atom is -0.367 e. The number of piperidine rings is 1. The van der Waals surface area contributed by atoms with Crippen molar-refractivity contribution in [2.75, 3.05) is 44.2 Å². The van der Waals surface area contributed by atoms with E-state index < -0.39 is 5.82 Å². The number of piperazine rings is 1. The lowest BCUT2D eigenvalue weighted by Crippen LogP contribution is -2.52. The molecule has 2 amide bonds. The Morgan fingerprint density at radius 1 is 1.00 bits per heavy atom. The fourth-order valence-corrected chi connectivity index (χ4v) is 4.89. The molecule has 0 saturated carbocycles. The number of nitriles is 1. The van der Waals surface area contributed by atoms with Crippen LogP contribution in [0.2, 0.25) is 0 Å². The first-order valence-corrected chi connectivity index (χ1v) is 11.0. The van der Waals surface area contributed by atoms with E-state index in [1.54, 1.807) is 12.1 Å². The van der Waals surface area contributed by atoms with Gasteiger partial charge in [-0.2, -0.15) is 5.26 Å². The molecule has 1 aromatic heterocycles. The Morgan fingerprint density at radius 3 is 2.37 bits per heavy atom. The third-order valence-corrected chi connectivity index (χ3v) is 6.76. The molecule has 4 rings (SSSR count). The minimum absolute atomic E-state index is 0.0490. The maximum atomic E-state index is 13.9. The van der Waals surface area contributed by atoms with Crippen molar-refractivity contribution < 1.29 is 14.0 Å². The molecule has 0 N–H and O–H groups in total. The van der Waals surface area contributed by atoms with Crippen molar-refractivity contribution in [1.29, 1.82) is 5.26 Å². The van der Waals surface area contributed by atoms with Crippen molar-refractivity contribution >= 4 is 28.8 Å². The van der Waals surface area contributed by atoms with Gasteiger partial charge in [-0.05, 0) is 36.4 Å². The molecule has 30 heavy (non-hydrogen) atoms. The lowest BCUT2D eigenvalue weighted by molar-refractivity contribution is -0.137. The van der Waals surface area contributed by atoms with Gasteiger partial charge in [0.25, 0.3) is 5.91 Å². The van der Waals surface area contributed by atoms with Gasteiger partial charge >= 0.3 is 0 Å². The van der Waals surface area contributed by atoms with Gasteiger partial charge in [0.1, 0.15) is 17.4 Å². The third-order valence-electron chi connectivity index (χ3n) is 5.90. The summed E-state index contributed by atoms with van der Waals surface area (Å²) in [5.74, 6) is -0.393. The van der Waals surface area contributed by atoms with Crippen molar-refractivity contribution in [3.8, 4) is 6.07 Å². The van der Waals surface area contributed by atoms with Crippen molar-refractivity contribution in [2.24, 2.45) is 5.92 Å². The Labute approximate surface area is 179 Å². The highest BCUT2D eigenvalue weighted by Gasteiger charge is 2.32. The van der Waals surface area contributed by atoms with E-state index in [2.05, 4.69) is 0 Å². The van der Waals surface area contributed by atoms with E-state index in [0.717, 1.165) is 4.88 Å². The van der Waals surface area contributed by atoms with Crippen LogP contribution in [0.5, 0.6) is 0 Å². The second-order valence-electron chi connectivity index (χ2n) is 7.60. The average molecular weight is 427 g/mol. The number of carbonyl (C=O) groups excluding carboxylic acids is 2. The van der Waals surface area contributed by atoms with Crippen molar-refractivity contribution in [2.45, 2.75) is 12.8 Å². The molecule has 2 saturated heterocycles. The second kappa shape index (κ2) is 8.84. The molecule has 156 valence electrons. The second-order valence-corrected chi connectivity index (χ2v) is 8.55. The molecule has 8 heteroatoms. The number of likely N-dealkylation sites (tertiary alicyclic amines) is 1. The van der Waals surface area contributed by atoms with Gasteiger partial charge in [-0.3, -0.25) is 9.59 Å². The summed E-state index contributed by atoms with van der Waals surface area (Å²) in [6, 6.07) is 10.3. The molecule has 0 atom stereocenters. The molecule has 2 aromatic rings. The summed E-state index contributed by atoms with van der Waals surface area (Å²) in [5.41, 5.74) is 0.644. The predicted molar refractivity (Wildman–Crippen MR) is 113 cm³/mol. The van der Waals surface area contributed by atoms with Crippen LogP contribution in [0, 0.1) is 23.1 Å². The van der Waals surface area contributed by atoms with Gasteiger partial charge in [0.05, 0.1) is 10.6 Å². The summed E-state index contributed by atoms with van der Waals surface area (Å²) in [5, 5.41) is 11.1. The van der Waals surface area contributed by atoms with E-state index in [0.29, 0.717) is 57.8 Å². The zero-order valence-corrected chi connectivity index (χ0v) is 17.4. The number of hydrogen-bond acceptors (Lipinski definition) is 5. The third kappa shape index (κ3) is 4.03. The van der Waals surface area contributed by atoms with Gasteiger partial charge in [-0.25, -0.2) is 4.39 Å². The fourth-order valence-electron chi connectivity index (χ4n) is 4.20. The number of thiophene rings is 1. The highest BCUT2D eigenvalue weighted by molar-refractivity contribution is 7.12. The average Bonchev–Trinajstić information content (AvgIpc) is 3.33. The number of amides is 2. The lowest BCUT2D eigenvalue weighted by Gasteiger charge is -2.39. The zero-order chi connectivity index (χ0) is 21.1. The van der Waals surface area contributed by atoms with E-state index >= 15 is 0 Å². The van der Waals surface area contributed by atoms with Gasteiger partial charge in [0.2, 0.25) is 5.91 Å². The van der Waals surface area contributed by atoms with Gasteiger partial charge in [0, 0.05) is 45.2 Å². The van der Waals surface area contributed by atoms with Crippen LogP contribution in [0.1, 0.15) is 28.1 Å². The molecule has 6 nitrogen and oxygen atoms in total. The van der Waals surface area contributed by atoms with Crippen LogP contribution in [0.25, 0.3) is 0 Å². The number of halogens is 1. The Kier molecular flexibility index (Phi) is 6.00. The topological polar surface area (TPSA) is 67.7 Å². The Morgan fingerprint density at radius 2 is 1.73 bits per heavy atom. The quantitative estimate of drug-likeness (QED) is 0.757. The highest BCUT2D eigenvalue weighted by atomic mass is 32.1. The summed E-state index contributed by atoms with van der Waals surface area (Å²) >= 11 is 1.44. The molecule has 2 fully saturated rings. The van der Waals surface area contributed by atoms with E-state index in [1.807, 2.05) is 38.3 Å². The first-order valence-electron chi connectivity index (χ1n) is 10.1. The summed E-state index contributed by atoms with van der Waals surface area (Å²) in [6.07, 6.45) is 1.36. The molecule has 2 aliphatic rings. The number of nitrogens with zero attached hydrogens (tertiary/aromatic N) is 4. The summed E-state index contributed by atoms with van der Waals surface area (Å²) in [6.45, 7) is 3.44. The highest BCUT2D eigenvalue weighted by Crippen LogP contribution is 2.26. The number of hydrogen-bond donors (Lipinski definition) is 0. The number of anilines is 1. The number of rotatable bonds is 3. The molecular formula is C22H23FN4O2S. The van der Waals surface area contributed by atoms with Crippen LogP contribution < -0.4 is 4.90 Å². The van der Waals surface area contributed by atoms with Crippen molar-refractivity contribution in [3.63, 3.8) is 0 Å². The first kappa shape index (κ1) is 20.4. The SMILES string of the molecule is N#Cc1c(F)cccc1N1CCN(C(=O)C2CCN(C(=O)c3cccs3)CC2)CC1. The Balaban J connectivity index is 1.31. The molecule has 0 unspecified atom stereocenters. The maximum absolute atomic E-state index is 13.9. The van der Waals surface area contributed by atoms with E-state index in [4.69, 9.17) is 0 Å². The molecule has 0 radical (unpaired) electrons. The van der Waals surface area contributed by atoms with Gasteiger partial charge in [0.15, 0.2) is 0 Å². The Hall–Kier alpha value is -2.92. The van der Waals surface area contributed by atoms with Crippen molar-refractivity contribution in [3.05, 3.63) is 52.0 Å². The van der Waals surface area contributed by atoms with Gasteiger partial charge in [-0.15, -0.1) is 11.3 Å². The standard InChI is InChI=1S/C22H23FN4O2S/c23-18-3-1-4-19(17(18)15-24)25-10-12-27(13-11-25)21(28)16-6-8-26(9-7-16)22(29)20-5-2-14-30-20/h1-5,14,16H,6-13H2. The molecule has 0 aliphatic carbocycles. The van der Waals surface area contributed by atoms with Crippen LogP contribution in [0.15, 0.2) is 35.7 Å². The van der Waals surface area contributed by atoms with Gasteiger partial charge < -0.3 is 14.7 Å². The van der Waals surface area contributed by atoms with Crippen LogP contribution in [0.3, 0.4) is 0 Å². The van der Waals surface area contributed by atoms with Crippen LogP contribution in [-0.2, 0) is 4.79 Å². The number of benzene rings is 1. The molecule has 1 aromatic carbocycles. The first-order chi connectivity index (χ1) is 14.6. The van der Waals surface area contributed by atoms with Crippen LogP contribution in [0.4, 0.5) is 10.1 Å². The molecule has 0 bridgehead atoms. The normalized spacial score (nSPS) is 17.7. The largest absolute Gasteiger partial charge is 0.367 e. The maximum Gasteiger partial charge on any atom is 0.263 e. The number of carbonyl (C=O) groups is 2. The summed E-state index contributed by atoms with van der Waals surface area (Å²) in [7, 11) is 0. The van der Waals surface area contributed by atoms with Gasteiger partial charge in [-0.1, -0.05) is 12.1 Å². The van der Waals surface area contributed by atoms with Crippen LogP contribution in [-0.4, -0.2) is 60.9 Å². The monoisotopic (exact) mass is 426 g/mol. The lowest BCUT2D eigenvalue weighted by atomic mass is 9.94. The minimum atomic E-state index is -0.516. The smallest absolute Gasteiger partial charge is 0.263 e. The molecule has 3 heterocycles. The van der Waals surface area contributed by atoms with E-state index in [-0.39, 0.29) is 23.3 Å². The molecule has 0 spiro atoms. The van der Waals surface area contributed by atoms with Crippen LogP contribution >= 0.6 is 11.3 Å².